The number of halogens is 2. The Labute approximate surface area is 126 Å². The van der Waals surface area contributed by atoms with Crippen LogP contribution in [0.25, 0.3) is 11.0 Å². The Morgan fingerprint density at radius 3 is 2.40 bits per heavy atom. The molecule has 20 heavy (non-hydrogen) atoms. The van der Waals surface area contributed by atoms with Gasteiger partial charge in [0.1, 0.15) is 0 Å². The molecule has 0 N–H and O–H groups in total. The Balaban J connectivity index is 2.83. The minimum Gasteiger partial charge on any atom is -0.419 e. The highest BCUT2D eigenvalue weighted by Crippen LogP contribution is 2.41. The minimum atomic E-state index is -0.562. The number of hydrogen-bond donors (Lipinski definition) is 0. The fourth-order valence-electron chi connectivity index (χ4n) is 1.89. The van der Waals surface area contributed by atoms with Gasteiger partial charge in [0, 0.05) is 15.7 Å². The van der Waals surface area contributed by atoms with E-state index in [0.717, 1.165) is 0 Å². The van der Waals surface area contributed by atoms with Gasteiger partial charge in [-0.05, 0) is 25.5 Å². The van der Waals surface area contributed by atoms with E-state index in [2.05, 4.69) is 0 Å². The molecular formula is C15H16ClFO2S. The molecule has 0 bridgehead atoms. The summed E-state index contributed by atoms with van der Waals surface area (Å²) in [6.07, 6.45) is 0. The summed E-state index contributed by atoms with van der Waals surface area (Å²) < 4.78 is 19.5. The van der Waals surface area contributed by atoms with Crippen LogP contribution >= 0.6 is 23.4 Å². The van der Waals surface area contributed by atoms with E-state index in [1.807, 2.05) is 20.8 Å². The monoisotopic (exact) mass is 314 g/mol. The maximum atomic E-state index is 14.6. The first-order valence-corrected chi connectivity index (χ1v) is 7.42. The van der Waals surface area contributed by atoms with Gasteiger partial charge in [0.25, 0.3) is 0 Å². The number of thioether (sulfide) groups is 1. The molecule has 1 aromatic carbocycles. The smallest absolute Gasteiger partial charge is 0.339 e. The standard InChI is InChI=1S/C15H16ClFO2S/c1-7-8(2)14(18)19-12-9(7)6-10(16)13(11(12)17)20-15(3,4)5/h6H,1-5H3. The van der Waals surface area contributed by atoms with Crippen LogP contribution in [0.4, 0.5) is 4.39 Å². The lowest BCUT2D eigenvalue weighted by molar-refractivity contribution is 0.510. The molecule has 0 atom stereocenters. The highest BCUT2D eigenvalue weighted by Gasteiger charge is 2.22. The molecule has 0 aliphatic carbocycles. The molecule has 0 unspecified atom stereocenters. The Hall–Kier alpha value is -1.00. The van der Waals surface area contributed by atoms with Gasteiger partial charge in [0.05, 0.1) is 9.92 Å². The number of rotatable bonds is 1. The summed E-state index contributed by atoms with van der Waals surface area (Å²) in [6.45, 7) is 9.32. The Bertz CT molecular complexity index is 744. The molecule has 2 aromatic rings. The van der Waals surface area contributed by atoms with E-state index in [4.69, 9.17) is 16.0 Å². The second-order valence-corrected chi connectivity index (χ2v) is 7.98. The van der Waals surface area contributed by atoms with E-state index in [1.54, 1.807) is 19.9 Å². The van der Waals surface area contributed by atoms with Crippen molar-refractivity contribution in [3.8, 4) is 0 Å². The van der Waals surface area contributed by atoms with Crippen LogP contribution in [0.5, 0.6) is 0 Å². The number of benzene rings is 1. The minimum absolute atomic E-state index is 0.0192. The molecule has 0 saturated carbocycles. The molecule has 0 aliphatic rings. The van der Waals surface area contributed by atoms with Gasteiger partial charge >= 0.3 is 5.63 Å². The van der Waals surface area contributed by atoms with Crippen LogP contribution in [0.3, 0.4) is 0 Å². The lowest BCUT2D eigenvalue weighted by Crippen LogP contribution is -2.09. The van der Waals surface area contributed by atoms with Crippen LogP contribution in [-0.2, 0) is 0 Å². The van der Waals surface area contributed by atoms with Crippen molar-refractivity contribution in [2.24, 2.45) is 0 Å². The van der Waals surface area contributed by atoms with Gasteiger partial charge in [0.2, 0.25) is 0 Å². The summed E-state index contributed by atoms with van der Waals surface area (Å²) in [5.41, 5.74) is 0.644. The molecule has 0 saturated heterocycles. The van der Waals surface area contributed by atoms with Gasteiger partial charge in [-0.1, -0.05) is 32.4 Å². The normalized spacial score (nSPS) is 12.2. The molecule has 0 fully saturated rings. The third-order valence-corrected chi connectivity index (χ3v) is 4.63. The van der Waals surface area contributed by atoms with Gasteiger partial charge in [-0.2, -0.15) is 0 Å². The van der Waals surface area contributed by atoms with Crippen molar-refractivity contribution in [1.29, 1.82) is 0 Å². The van der Waals surface area contributed by atoms with Crippen molar-refractivity contribution in [3.05, 3.63) is 38.5 Å². The van der Waals surface area contributed by atoms with E-state index in [9.17, 15) is 9.18 Å². The van der Waals surface area contributed by atoms with Crippen LogP contribution in [0.2, 0.25) is 5.02 Å². The third-order valence-electron chi connectivity index (χ3n) is 3.01. The average molecular weight is 315 g/mol. The number of aryl methyl sites for hydroxylation is 1. The SMILES string of the molecule is Cc1c(C)c2cc(Cl)c(SC(C)(C)C)c(F)c2oc1=O. The summed E-state index contributed by atoms with van der Waals surface area (Å²) >= 11 is 7.51. The van der Waals surface area contributed by atoms with Crippen molar-refractivity contribution in [1.82, 2.24) is 0 Å². The lowest BCUT2D eigenvalue weighted by Gasteiger charge is -2.19. The highest BCUT2D eigenvalue weighted by atomic mass is 35.5. The molecule has 0 amide bonds. The predicted molar refractivity (Wildman–Crippen MR) is 82.5 cm³/mol. The van der Waals surface area contributed by atoms with Crippen LogP contribution in [0.1, 0.15) is 31.9 Å². The quantitative estimate of drug-likeness (QED) is 0.542. The zero-order valence-electron chi connectivity index (χ0n) is 12.1. The molecule has 5 heteroatoms. The van der Waals surface area contributed by atoms with Crippen LogP contribution < -0.4 is 5.63 Å². The second-order valence-electron chi connectivity index (χ2n) is 5.73. The zero-order valence-corrected chi connectivity index (χ0v) is 13.6. The van der Waals surface area contributed by atoms with E-state index in [-0.39, 0.29) is 10.3 Å². The molecular weight excluding hydrogens is 299 g/mol. The first kappa shape index (κ1) is 15.4. The summed E-state index contributed by atoms with van der Waals surface area (Å²) in [5.74, 6) is -0.562. The van der Waals surface area contributed by atoms with Crippen molar-refractivity contribution in [2.45, 2.75) is 44.3 Å². The molecule has 0 radical (unpaired) electrons. The van der Waals surface area contributed by atoms with Crippen LogP contribution in [0.15, 0.2) is 20.2 Å². The van der Waals surface area contributed by atoms with Crippen molar-refractivity contribution < 1.29 is 8.81 Å². The highest BCUT2D eigenvalue weighted by molar-refractivity contribution is 8.00. The summed E-state index contributed by atoms with van der Waals surface area (Å²) in [5, 5.41) is 0.883. The van der Waals surface area contributed by atoms with E-state index >= 15 is 0 Å². The van der Waals surface area contributed by atoms with E-state index < -0.39 is 11.4 Å². The average Bonchev–Trinajstić information content (AvgIpc) is 2.33. The van der Waals surface area contributed by atoms with Gasteiger partial charge in [0.15, 0.2) is 11.4 Å². The van der Waals surface area contributed by atoms with Crippen molar-refractivity contribution >= 4 is 34.3 Å². The fourth-order valence-corrected chi connectivity index (χ4v) is 3.15. The maximum absolute atomic E-state index is 14.6. The second kappa shape index (κ2) is 5.08. The van der Waals surface area contributed by atoms with Crippen LogP contribution in [0, 0.1) is 19.7 Å². The van der Waals surface area contributed by atoms with Crippen molar-refractivity contribution in [2.75, 3.05) is 0 Å². The summed E-state index contributed by atoms with van der Waals surface area (Å²) in [6, 6.07) is 1.67. The topological polar surface area (TPSA) is 30.2 Å². The summed E-state index contributed by atoms with van der Waals surface area (Å²) in [7, 11) is 0. The molecule has 2 rings (SSSR count). The molecule has 108 valence electrons. The third kappa shape index (κ3) is 2.72. The van der Waals surface area contributed by atoms with Gasteiger partial charge < -0.3 is 4.42 Å². The van der Waals surface area contributed by atoms with Crippen LogP contribution in [-0.4, -0.2) is 4.75 Å². The number of hydrogen-bond acceptors (Lipinski definition) is 3. The summed E-state index contributed by atoms with van der Waals surface area (Å²) in [4.78, 5) is 12.0. The molecule has 2 nitrogen and oxygen atoms in total. The zero-order chi connectivity index (χ0) is 15.2. The predicted octanol–water partition coefficient (Wildman–Crippen LogP) is 5.09. The van der Waals surface area contributed by atoms with E-state index in [1.165, 1.54) is 11.8 Å². The molecule has 0 aliphatic heterocycles. The largest absolute Gasteiger partial charge is 0.419 e. The first-order chi connectivity index (χ1) is 9.11. The van der Waals surface area contributed by atoms with Gasteiger partial charge in [-0.3, -0.25) is 0 Å². The Kier molecular flexibility index (Phi) is 3.91. The fraction of sp³-hybridized carbons (Fsp3) is 0.400. The molecule has 0 spiro atoms. The van der Waals surface area contributed by atoms with Crippen molar-refractivity contribution in [3.63, 3.8) is 0 Å². The Morgan fingerprint density at radius 2 is 1.85 bits per heavy atom. The van der Waals surface area contributed by atoms with E-state index in [0.29, 0.717) is 26.4 Å². The lowest BCUT2D eigenvalue weighted by atomic mass is 10.1. The molecule has 1 heterocycles. The van der Waals surface area contributed by atoms with Gasteiger partial charge in [-0.15, -0.1) is 11.8 Å². The molecule has 1 aromatic heterocycles. The Morgan fingerprint density at radius 1 is 1.25 bits per heavy atom. The maximum Gasteiger partial charge on any atom is 0.339 e. The first-order valence-electron chi connectivity index (χ1n) is 6.23. The van der Waals surface area contributed by atoms with Gasteiger partial charge in [-0.25, -0.2) is 9.18 Å². The number of fused-ring (bicyclic) bond motifs is 1.